The molecule has 0 heterocycles. The number of carbonyl (C=O) groups is 1. The molecule has 2 rings (SSSR count). The summed E-state index contributed by atoms with van der Waals surface area (Å²) in [7, 11) is 1.58. The van der Waals surface area contributed by atoms with Crippen LogP contribution in [0.4, 0.5) is 5.69 Å². The van der Waals surface area contributed by atoms with Gasteiger partial charge in [0.1, 0.15) is 5.75 Å². The highest BCUT2D eigenvalue weighted by molar-refractivity contribution is 5.91. The number of carbonyl (C=O) groups excluding carboxylic acids is 1. The number of methoxy groups -OCH3 is 1. The van der Waals surface area contributed by atoms with Gasteiger partial charge in [-0.3, -0.25) is 4.79 Å². The smallest absolute Gasteiger partial charge is 0.227 e. The standard InChI is InChI=1S/C16H17NO3/c1-20-14-9-7-12(8-10-14)15(18)11-16(19)17-13-5-3-2-4-6-13/h2-10,15,18H,11H2,1H3,(H,17,19). The van der Waals surface area contributed by atoms with Crippen LogP contribution in [0.1, 0.15) is 18.1 Å². The predicted molar refractivity (Wildman–Crippen MR) is 77.6 cm³/mol. The summed E-state index contributed by atoms with van der Waals surface area (Å²) < 4.78 is 5.05. The molecule has 2 aromatic rings. The molecule has 1 amide bonds. The fraction of sp³-hybridized carbons (Fsp3) is 0.188. The number of rotatable bonds is 5. The number of aliphatic hydroxyl groups is 1. The molecule has 0 spiro atoms. The molecule has 0 aliphatic rings. The van der Waals surface area contributed by atoms with Crippen LogP contribution in [0.15, 0.2) is 54.6 Å². The Morgan fingerprint density at radius 3 is 2.40 bits per heavy atom. The van der Waals surface area contributed by atoms with Crippen LogP contribution in [-0.4, -0.2) is 18.1 Å². The zero-order valence-corrected chi connectivity index (χ0v) is 11.2. The topological polar surface area (TPSA) is 58.6 Å². The Bertz CT molecular complexity index is 552. The first-order chi connectivity index (χ1) is 9.69. The van der Waals surface area contributed by atoms with E-state index in [1.807, 2.05) is 18.2 Å². The second kappa shape index (κ2) is 6.73. The molecule has 2 N–H and O–H groups in total. The van der Waals surface area contributed by atoms with Crippen LogP contribution in [0.2, 0.25) is 0 Å². The van der Waals surface area contributed by atoms with E-state index in [1.54, 1.807) is 43.5 Å². The first kappa shape index (κ1) is 14.1. The maximum absolute atomic E-state index is 11.8. The summed E-state index contributed by atoms with van der Waals surface area (Å²) in [4.78, 5) is 11.8. The van der Waals surface area contributed by atoms with Crippen LogP contribution < -0.4 is 10.1 Å². The highest BCUT2D eigenvalue weighted by Crippen LogP contribution is 2.20. The Morgan fingerprint density at radius 1 is 1.15 bits per heavy atom. The number of amides is 1. The zero-order chi connectivity index (χ0) is 14.4. The van der Waals surface area contributed by atoms with Crippen LogP contribution >= 0.6 is 0 Å². The number of anilines is 1. The molecule has 0 aliphatic carbocycles. The van der Waals surface area contributed by atoms with Crippen LogP contribution in [0.25, 0.3) is 0 Å². The normalized spacial score (nSPS) is 11.7. The zero-order valence-electron chi connectivity index (χ0n) is 11.2. The fourth-order valence-electron chi connectivity index (χ4n) is 1.85. The summed E-state index contributed by atoms with van der Waals surface area (Å²) in [6.45, 7) is 0. The first-order valence-corrected chi connectivity index (χ1v) is 6.36. The molecular formula is C16H17NO3. The van der Waals surface area contributed by atoms with Gasteiger partial charge in [-0.25, -0.2) is 0 Å². The molecule has 4 heteroatoms. The van der Waals surface area contributed by atoms with E-state index >= 15 is 0 Å². The van der Waals surface area contributed by atoms with Crippen molar-refractivity contribution in [1.29, 1.82) is 0 Å². The number of para-hydroxylation sites is 1. The van der Waals surface area contributed by atoms with E-state index in [2.05, 4.69) is 5.32 Å². The van der Waals surface area contributed by atoms with Gasteiger partial charge >= 0.3 is 0 Å². The summed E-state index contributed by atoms with van der Waals surface area (Å²) in [6, 6.07) is 16.2. The van der Waals surface area contributed by atoms with Crippen molar-refractivity contribution in [1.82, 2.24) is 0 Å². The lowest BCUT2D eigenvalue weighted by Crippen LogP contribution is -2.15. The molecule has 104 valence electrons. The Hall–Kier alpha value is -2.33. The number of hydrogen-bond acceptors (Lipinski definition) is 3. The SMILES string of the molecule is COc1ccc(C(O)CC(=O)Nc2ccccc2)cc1. The van der Waals surface area contributed by atoms with Crippen molar-refractivity contribution in [2.75, 3.05) is 12.4 Å². The third-order valence-electron chi connectivity index (χ3n) is 2.94. The van der Waals surface area contributed by atoms with Gasteiger partial charge in [-0.1, -0.05) is 30.3 Å². The van der Waals surface area contributed by atoms with Crippen molar-refractivity contribution >= 4 is 11.6 Å². The summed E-state index contributed by atoms with van der Waals surface area (Å²) in [6.07, 6.45) is -0.814. The number of ether oxygens (including phenoxy) is 1. The van der Waals surface area contributed by atoms with Crippen LogP contribution in [0, 0.1) is 0 Å². The number of hydrogen-bond donors (Lipinski definition) is 2. The third kappa shape index (κ3) is 3.83. The summed E-state index contributed by atoms with van der Waals surface area (Å²) in [5, 5.41) is 12.8. The highest BCUT2D eigenvalue weighted by Gasteiger charge is 2.13. The molecule has 0 aromatic heterocycles. The van der Waals surface area contributed by atoms with E-state index in [9.17, 15) is 9.90 Å². The Kier molecular flexibility index (Phi) is 4.74. The van der Waals surface area contributed by atoms with Gasteiger partial charge in [0.15, 0.2) is 0 Å². The minimum Gasteiger partial charge on any atom is -0.497 e. The fourth-order valence-corrected chi connectivity index (χ4v) is 1.85. The lowest BCUT2D eigenvalue weighted by atomic mass is 10.1. The Morgan fingerprint density at radius 2 is 1.80 bits per heavy atom. The van der Waals surface area contributed by atoms with E-state index in [-0.39, 0.29) is 12.3 Å². The van der Waals surface area contributed by atoms with Crippen LogP contribution in [0.3, 0.4) is 0 Å². The average molecular weight is 271 g/mol. The second-order valence-electron chi connectivity index (χ2n) is 4.41. The van der Waals surface area contributed by atoms with Gasteiger partial charge < -0.3 is 15.2 Å². The van der Waals surface area contributed by atoms with Crippen LogP contribution in [0.5, 0.6) is 5.75 Å². The molecule has 0 bridgehead atoms. The molecule has 1 unspecified atom stereocenters. The highest BCUT2D eigenvalue weighted by atomic mass is 16.5. The van der Waals surface area contributed by atoms with E-state index in [4.69, 9.17) is 4.74 Å². The molecule has 0 fully saturated rings. The first-order valence-electron chi connectivity index (χ1n) is 6.36. The molecule has 2 aromatic carbocycles. The van der Waals surface area contributed by atoms with Gasteiger partial charge in [-0.15, -0.1) is 0 Å². The van der Waals surface area contributed by atoms with Gasteiger partial charge in [0, 0.05) is 5.69 Å². The largest absolute Gasteiger partial charge is 0.497 e. The lowest BCUT2D eigenvalue weighted by Gasteiger charge is -2.12. The van der Waals surface area contributed by atoms with Gasteiger partial charge in [0.25, 0.3) is 0 Å². The van der Waals surface area contributed by atoms with E-state index < -0.39 is 6.10 Å². The molecule has 0 saturated heterocycles. The maximum atomic E-state index is 11.8. The third-order valence-corrected chi connectivity index (χ3v) is 2.94. The van der Waals surface area contributed by atoms with Gasteiger partial charge in [0.2, 0.25) is 5.91 Å². The lowest BCUT2D eigenvalue weighted by molar-refractivity contribution is -0.118. The van der Waals surface area contributed by atoms with Crippen LogP contribution in [-0.2, 0) is 4.79 Å². The summed E-state index contributed by atoms with van der Waals surface area (Å²) in [5.41, 5.74) is 1.41. The molecule has 0 aliphatic heterocycles. The number of aliphatic hydroxyl groups excluding tert-OH is 1. The van der Waals surface area contributed by atoms with Crippen molar-refractivity contribution < 1.29 is 14.6 Å². The van der Waals surface area contributed by atoms with Crippen molar-refractivity contribution in [3.8, 4) is 5.75 Å². The minimum absolute atomic E-state index is 0.0151. The molecule has 0 radical (unpaired) electrons. The predicted octanol–water partition coefficient (Wildman–Crippen LogP) is 2.76. The Labute approximate surface area is 118 Å². The van der Waals surface area contributed by atoms with E-state index in [1.165, 1.54) is 0 Å². The van der Waals surface area contributed by atoms with E-state index in [0.29, 0.717) is 5.56 Å². The molecule has 1 atom stereocenters. The maximum Gasteiger partial charge on any atom is 0.227 e. The minimum atomic E-state index is -0.829. The monoisotopic (exact) mass is 271 g/mol. The second-order valence-corrected chi connectivity index (χ2v) is 4.41. The van der Waals surface area contributed by atoms with Gasteiger partial charge in [-0.2, -0.15) is 0 Å². The molecular weight excluding hydrogens is 254 g/mol. The quantitative estimate of drug-likeness (QED) is 0.879. The number of nitrogens with one attached hydrogen (secondary N) is 1. The molecule has 4 nitrogen and oxygen atoms in total. The molecule has 20 heavy (non-hydrogen) atoms. The van der Waals surface area contributed by atoms with Crippen molar-refractivity contribution in [2.45, 2.75) is 12.5 Å². The summed E-state index contributed by atoms with van der Waals surface area (Å²) >= 11 is 0. The van der Waals surface area contributed by atoms with Crippen molar-refractivity contribution in [3.63, 3.8) is 0 Å². The number of benzene rings is 2. The molecule has 0 saturated carbocycles. The van der Waals surface area contributed by atoms with Gasteiger partial charge in [0.05, 0.1) is 19.6 Å². The summed E-state index contributed by atoms with van der Waals surface area (Å²) in [5.74, 6) is 0.495. The van der Waals surface area contributed by atoms with Crippen molar-refractivity contribution in [2.24, 2.45) is 0 Å². The van der Waals surface area contributed by atoms with E-state index in [0.717, 1.165) is 11.4 Å². The average Bonchev–Trinajstić information content (AvgIpc) is 2.48. The van der Waals surface area contributed by atoms with Crippen molar-refractivity contribution in [3.05, 3.63) is 60.2 Å². The Balaban J connectivity index is 1.93. The van der Waals surface area contributed by atoms with Gasteiger partial charge in [-0.05, 0) is 29.8 Å².